The van der Waals surface area contributed by atoms with Crippen LogP contribution in [-0.4, -0.2) is 33.4 Å². The first-order valence-electron chi connectivity index (χ1n) is 1.52. The van der Waals surface area contributed by atoms with E-state index in [-0.39, 0.29) is 5.48 Å². The van der Waals surface area contributed by atoms with Crippen LogP contribution >= 0.6 is 0 Å². The summed E-state index contributed by atoms with van der Waals surface area (Å²) in [6.45, 7) is 3.51. The van der Waals surface area contributed by atoms with Crippen LogP contribution in [0.1, 0.15) is 0 Å². The molecule has 26 valence electrons. The number of hydrogen-bond acceptors (Lipinski definition) is 0. The van der Waals surface area contributed by atoms with Gasteiger partial charge in [0.25, 0.3) is 0 Å². The zero-order chi connectivity index (χ0) is 3.41. The van der Waals surface area contributed by atoms with Gasteiger partial charge in [0.15, 0.2) is 0 Å². The van der Waals surface area contributed by atoms with Crippen LogP contribution in [0.25, 0.3) is 0 Å². The van der Waals surface area contributed by atoms with E-state index in [0.717, 1.165) is 0 Å². The van der Waals surface area contributed by atoms with Crippen molar-refractivity contribution in [1.29, 1.82) is 0 Å². The average Bonchev–Trinajstić information content (AvgIpc) is 1.37. The molecule has 0 aliphatic carbocycles. The van der Waals surface area contributed by atoms with Gasteiger partial charge in [-0.1, -0.05) is 0 Å². The molecule has 0 bridgehead atoms. The summed E-state index contributed by atoms with van der Waals surface area (Å²) >= 11 is 1.27. The van der Waals surface area contributed by atoms with Gasteiger partial charge in [0.05, 0.1) is 0 Å². The third kappa shape index (κ3) is 11.9. The fraction of sp³-hybridized carbons (Fsp3) is 0.333. The minimum atomic E-state index is 0. The van der Waals surface area contributed by atoms with Gasteiger partial charge in [-0.05, 0) is 0 Å². The third-order valence-corrected chi connectivity index (χ3v) is 0.866. The Bertz CT molecular complexity index is 20.9. The van der Waals surface area contributed by atoms with Gasteiger partial charge in [0, 0.05) is 0 Å². The molecule has 2 N–H and O–H groups in total. The fourth-order valence-corrected chi connectivity index (χ4v) is 0. The van der Waals surface area contributed by atoms with Gasteiger partial charge in [0.1, 0.15) is 0 Å². The summed E-state index contributed by atoms with van der Waals surface area (Å²) in [5, 5.41) is 0. The van der Waals surface area contributed by atoms with E-state index in [1.807, 2.05) is 6.08 Å². The number of allylic oxidation sites excluding steroid dienone is 1. The maximum Gasteiger partial charge on any atom is -0.412 e. The van der Waals surface area contributed by atoms with Gasteiger partial charge in [-0.2, -0.15) is 0 Å². The summed E-state index contributed by atoms with van der Waals surface area (Å²) in [5.74, 6) is 0. The first-order chi connectivity index (χ1) is 1.91. The Balaban J connectivity index is 0. The minimum Gasteiger partial charge on any atom is -0.412 e. The van der Waals surface area contributed by atoms with E-state index in [4.69, 9.17) is 0 Å². The van der Waals surface area contributed by atoms with Crippen LogP contribution < -0.4 is 0 Å². The summed E-state index contributed by atoms with van der Waals surface area (Å²) in [7, 11) is 0. The van der Waals surface area contributed by atoms with Crippen LogP contribution in [0.15, 0.2) is 12.7 Å². The van der Waals surface area contributed by atoms with Crippen molar-refractivity contribution in [2.75, 3.05) is 0 Å². The topological polar surface area (TPSA) is 31.5 Å². The number of hydrogen-bond donors (Lipinski definition) is 0. The standard InChI is InChI=1S/C3H5.Na.H2O/c1-3-2;;/h3H,1-2H2;;1H2. The maximum atomic E-state index is 3.51. The van der Waals surface area contributed by atoms with Gasteiger partial charge < -0.3 is 5.48 Å². The molecule has 0 aliphatic rings. The van der Waals surface area contributed by atoms with Crippen molar-refractivity contribution in [2.24, 2.45) is 0 Å². The molecule has 0 radical (unpaired) electrons. The van der Waals surface area contributed by atoms with Gasteiger partial charge in [-0.25, -0.2) is 0 Å². The van der Waals surface area contributed by atoms with Gasteiger partial charge >= 0.3 is 44.3 Å². The third-order valence-electron chi connectivity index (χ3n) is 0.289. The van der Waals surface area contributed by atoms with E-state index in [2.05, 4.69) is 6.58 Å². The largest absolute Gasteiger partial charge is 0.412 e. The molecule has 0 fully saturated rings. The summed E-state index contributed by atoms with van der Waals surface area (Å²) in [6, 6.07) is 0. The molecule has 5 heavy (non-hydrogen) atoms. The molecule has 0 saturated carbocycles. The molecule has 0 aromatic heterocycles. The molecule has 0 saturated heterocycles. The molecule has 1 nitrogen and oxygen atoms in total. The summed E-state index contributed by atoms with van der Waals surface area (Å²) in [6.07, 6.45) is 1.94. The zero-order valence-corrected chi connectivity index (χ0v) is 5.49. The van der Waals surface area contributed by atoms with Crippen molar-refractivity contribution in [1.82, 2.24) is 0 Å². The van der Waals surface area contributed by atoms with Crippen LogP contribution in [0.4, 0.5) is 0 Å². The molecule has 0 heterocycles. The number of rotatable bonds is 1. The summed E-state index contributed by atoms with van der Waals surface area (Å²) in [5.41, 5.74) is 0. The predicted octanol–water partition coefficient (Wildman–Crippen LogP) is -0.0655. The van der Waals surface area contributed by atoms with Crippen molar-refractivity contribution >= 4 is 27.9 Å². The molecule has 0 aromatic rings. The van der Waals surface area contributed by atoms with E-state index in [1.54, 1.807) is 0 Å². The van der Waals surface area contributed by atoms with Gasteiger partial charge in [0.2, 0.25) is 0 Å². The van der Waals surface area contributed by atoms with E-state index in [9.17, 15) is 0 Å². The normalized spacial score (nSPS) is 5.20. The van der Waals surface area contributed by atoms with Gasteiger partial charge in [-0.3, -0.25) is 0 Å². The van der Waals surface area contributed by atoms with Crippen LogP contribution in [-0.2, 0) is 0 Å². The maximum absolute atomic E-state index is 3.51. The van der Waals surface area contributed by atoms with E-state index >= 15 is 0 Å². The second-order valence-corrected chi connectivity index (χ2v) is 1.51. The van der Waals surface area contributed by atoms with Crippen molar-refractivity contribution in [3.8, 4) is 0 Å². The Morgan fingerprint density at radius 3 is 2.00 bits per heavy atom. The molecule has 0 atom stereocenters. The first-order valence-corrected chi connectivity index (χ1v) is 2.94. The molecule has 2 heteroatoms. The van der Waals surface area contributed by atoms with Crippen molar-refractivity contribution in [3.05, 3.63) is 12.7 Å². The van der Waals surface area contributed by atoms with Crippen molar-refractivity contribution in [3.63, 3.8) is 0 Å². The Hall–Kier alpha value is 0.700. The van der Waals surface area contributed by atoms with E-state index in [1.165, 1.54) is 31.6 Å². The Morgan fingerprint density at radius 1 is 1.80 bits per heavy atom. The Labute approximate surface area is 49.8 Å². The first kappa shape index (κ1) is 9.20. The minimum absolute atomic E-state index is 0. The molecular formula is C3H7NaO. The summed E-state index contributed by atoms with van der Waals surface area (Å²) in [4.78, 5) is 0. The SMILES string of the molecule is C=C[CH2][Na].O. The van der Waals surface area contributed by atoms with Crippen molar-refractivity contribution < 1.29 is 5.48 Å². The molecule has 0 unspecified atom stereocenters. The predicted molar refractivity (Wildman–Crippen MR) is 24.4 cm³/mol. The second kappa shape index (κ2) is 8.83. The molecule has 0 aromatic carbocycles. The summed E-state index contributed by atoms with van der Waals surface area (Å²) < 4.78 is 1.22. The monoisotopic (exact) mass is 82.0 g/mol. The quantitative estimate of drug-likeness (QED) is 0.313. The smallest absolute Gasteiger partial charge is 0.412 e. The van der Waals surface area contributed by atoms with Crippen LogP contribution in [0.5, 0.6) is 0 Å². The molecular weight excluding hydrogens is 75.0 g/mol. The molecule has 0 rings (SSSR count). The van der Waals surface area contributed by atoms with E-state index < -0.39 is 0 Å². The molecule has 0 aliphatic heterocycles. The Kier molecular flexibility index (Phi) is 16.2. The van der Waals surface area contributed by atoms with Crippen LogP contribution in [0.2, 0.25) is 3.67 Å². The Morgan fingerprint density at radius 2 is 2.00 bits per heavy atom. The zero-order valence-electron chi connectivity index (χ0n) is 3.49. The van der Waals surface area contributed by atoms with Crippen molar-refractivity contribution in [2.45, 2.75) is 3.67 Å². The fourth-order valence-electron chi connectivity index (χ4n) is 0. The van der Waals surface area contributed by atoms with Crippen LogP contribution in [0, 0.1) is 0 Å². The molecule has 0 spiro atoms. The van der Waals surface area contributed by atoms with E-state index in [0.29, 0.717) is 0 Å². The second-order valence-electron chi connectivity index (χ2n) is 0.697. The van der Waals surface area contributed by atoms with Gasteiger partial charge in [-0.15, -0.1) is 0 Å². The average molecular weight is 82.1 g/mol. The molecule has 0 amide bonds. The van der Waals surface area contributed by atoms with Crippen LogP contribution in [0.3, 0.4) is 0 Å².